The molecule has 0 atom stereocenters. The van der Waals surface area contributed by atoms with Crippen LogP contribution in [0.25, 0.3) is 0 Å². The summed E-state index contributed by atoms with van der Waals surface area (Å²) in [6.45, 7) is 0. The number of ketones is 1. The topological polar surface area (TPSA) is 52.3 Å². The van der Waals surface area contributed by atoms with Crippen LogP contribution in [0, 0.1) is 0 Å². The van der Waals surface area contributed by atoms with E-state index in [1.54, 1.807) is 12.1 Å². The van der Waals surface area contributed by atoms with Gasteiger partial charge in [0.1, 0.15) is 17.3 Å². The van der Waals surface area contributed by atoms with E-state index in [1.165, 1.54) is 0 Å². The van der Waals surface area contributed by atoms with Crippen LogP contribution in [0.3, 0.4) is 0 Å². The van der Waals surface area contributed by atoms with Crippen LogP contribution in [0.1, 0.15) is 11.1 Å². The second-order valence-corrected chi connectivity index (χ2v) is 5.70. The van der Waals surface area contributed by atoms with Crippen LogP contribution in [0.2, 0.25) is 0 Å². The molecule has 3 nitrogen and oxygen atoms in total. The number of Topliss-reactive ketones (excluding diaryl/α,β-unsaturated/α-hetero) is 1. The van der Waals surface area contributed by atoms with Gasteiger partial charge in [0, 0.05) is 18.5 Å². The number of hydrogen-bond donors (Lipinski definition) is 1. The fourth-order valence-corrected chi connectivity index (χ4v) is 2.50. The highest BCUT2D eigenvalue weighted by atomic mass is 16.5. The van der Waals surface area contributed by atoms with E-state index < -0.39 is 0 Å². The summed E-state index contributed by atoms with van der Waals surface area (Å²) in [5.41, 5.74) is 8.35. The van der Waals surface area contributed by atoms with Crippen LogP contribution in [0.5, 0.6) is 11.5 Å². The normalized spacial score (nSPS) is 10.3. The number of hydrogen-bond acceptors (Lipinski definition) is 3. The Balaban J connectivity index is 1.64. The summed E-state index contributed by atoms with van der Waals surface area (Å²) in [4.78, 5) is 12.2. The molecule has 120 valence electrons. The van der Waals surface area contributed by atoms with Gasteiger partial charge in [0.05, 0.1) is 0 Å². The lowest BCUT2D eigenvalue weighted by Gasteiger charge is -2.08. The number of benzene rings is 3. The molecule has 0 amide bonds. The fraction of sp³-hybridized carbons (Fsp3) is 0.0952. The van der Waals surface area contributed by atoms with Gasteiger partial charge in [-0.15, -0.1) is 0 Å². The summed E-state index contributed by atoms with van der Waals surface area (Å²) in [6.07, 6.45) is 0.845. The summed E-state index contributed by atoms with van der Waals surface area (Å²) in [5, 5.41) is 0. The van der Waals surface area contributed by atoms with Crippen molar-refractivity contribution >= 4 is 11.5 Å². The summed E-state index contributed by atoms with van der Waals surface area (Å²) in [5.74, 6) is 1.62. The number of nitrogens with two attached hydrogens (primary N) is 1. The van der Waals surface area contributed by atoms with Crippen molar-refractivity contribution in [1.29, 1.82) is 0 Å². The van der Waals surface area contributed by atoms with Crippen molar-refractivity contribution in [2.75, 3.05) is 5.73 Å². The largest absolute Gasteiger partial charge is 0.457 e. The van der Waals surface area contributed by atoms with Gasteiger partial charge in [-0.25, -0.2) is 0 Å². The van der Waals surface area contributed by atoms with Gasteiger partial charge in [-0.1, -0.05) is 42.5 Å². The van der Waals surface area contributed by atoms with E-state index in [-0.39, 0.29) is 5.78 Å². The average molecular weight is 317 g/mol. The minimum atomic E-state index is 0.186. The molecule has 3 heteroatoms. The quantitative estimate of drug-likeness (QED) is 0.685. The summed E-state index contributed by atoms with van der Waals surface area (Å²) in [7, 11) is 0. The molecule has 3 rings (SSSR count). The van der Waals surface area contributed by atoms with Gasteiger partial charge < -0.3 is 10.5 Å². The molecule has 0 aliphatic carbocycles. The van der Waals surface area contributed by atoms with Crippen LogP contribution in [0.15, 0.2) is 78.9 Å². The summed E-state index contributed by atoms with van der Waals surface area (Å²) >= 11 is 0. The molecule has 0 spiro atoms. The first-order valence-electron chi connectivity index (χ1n) is 7.87. The Kier molecular flexibility index (Phi) is 4.92. The first-order valence-corrected chi connectivity index (χ1v) is 7.87. The van der Waals surface area contributed by atoms with Gasteiger partial charge in [-0.2, -0.15) is 0 Å². The monoisotopic (exact) mass is 317 g/mol. The van der Waals surface area contributed by atoms with Gasteiger partial charge in [0.15, 0.2) is 0 Å². The SMILES string of the molecule is Nc1ccc(Oc2cccc(CC(=O)Cc3ccccc3)c2)cc1. The van der Waals surface area contributed by atoms with Crippen molar-refractivity contribution in [3.63, 3.8) is 0 Å². The number of carbonyl (C=O) groups excluding carboxylic acids is 1. The molecule has 3 aromatic carbocycles. The number of nitrogen functional groups attached to an aromatic ring is 1. The Morgan fingerprint density at radius 1 is 0.750 bits per heavy atom. The molecule has 0 aromatic heterocycles. The lowest BCUT2D eigenvalue weighted by atomic mass is 10.0. The predicted molar refractivity (Wildman–Crippen MR) is 96.2 cm³/mol. The van der Waals surface area contributed by atoms with E-state index in [2.05, 4.69) is 0 Å². The zero-order valence-electron chi connectivity index (χ0n) is 13.3. The third-order valence-electron chi connectivity index (χ3n) is 3.66. The molecule has 2 N–H and O–H groups in total. The molecule has 0 saturated heterocycles. The van der Waals surface area contributed by atoms with Gasteiger partial charge in [0.25, 0.3) is 0 Å². The molecule has 0 saturated carbocycles. The minimum absolute atomic E-state index is 0.186. The maximum absolute atomic E-state index is 12.2. The van der Waals surface area contributed by atoms with Crippen molar-refractivity contribution in [3.8, 4) is 11.5 Å². The molecular formula is C21H19NO2. The first-order chi connectivity index (χ1) is 11.7. The van der Waals surface area contributed by atoms with Crippen LogP contribution in [-0.2, 0) is 17.6 Å². The van der Waals surface area contributed by atoms with Gasteiger partial charge in [-0.3, -0.25) is 4.79 Å². The summed E-state index contributed by atoms with van der Waals surface area (Å²) in [6, 6.07) is 24.6. The molecule has 3 aromatic rings. The fourth-order valence-electron chi connectivity index (χ4n) is 2.50. The Morgan fingerprint density at radius 2 is 1.42 bits per heavy atom. The Labute approximate surface area is 141 Å². The van der Waals surface area contributed by atoms with Crippen LogP contribution in [-0.4, -0.2) is 5.78 Å². The smallest absolute Gasteiger partial charge is 0.141 e. The van der Waals surface area contributed by atoms with Gasteiger partial charge in [0.2, 0.25) is 0 Å². The molecule has 0 aliphatic heterocycles. The van der Waals surface area contributed by atoms with Crippen LogP contribution < -0.4 is 10.5 Å². The number of anilines is 1. The van der Waals surface area contributed by atoms with Gasteiger partial charge >= 0.3 is 0 Å². The van der Waals surface area contributed by atoms with Crippen molar-refractivity contribution in [2.24, 2.45) is 0 Å². The highest BCUT2D eigenvalue weighted by Gasteiger charge is 2.06. The standard InChI is InChI=1S/C21H19NO2/c22-18-9-11-20(12-10-18)24-21-8-4-7-17(15-21)14-19(23)13-16-5-2-1-3-6-16/h1-12,15H,13-14,22H2. The van der Waals surface area contributed by atoms with Crippen LogP contribution >= 0.6 is 0 Å². The summed E-state index contributed by atoms with van der Waals surface area (Å²) < 4.78 is 5.81. The Hall–Kier alpha value is -3.07. The number of carbonyl (C=O) groups is 1. The van der Waals surface area contributed by atoms with Crippen molar-refractivity contribution < 1.29 is 9.53 Å². The maximum atomic E-state index is 12.2. The molecule has 0 bridgehead atoms. The second kappa shape index (κ2) is 7.47. The first kappa shape index (κ1) is 15.8. The molecule has 0 heterocycles. The molecule has 24 heavy (non-hydrogen) atoms. The molecule has 0 radical (unpaired) electrons. The zero-order valence-corrected chi connectivity index (χ0v) is 13.3. The molecular weight excluding hydrogens is 298 g/mol. The Morgan fingerprint density at radius 3 is 2.17 bits per heavy atom. The number of rotatable bonds is 6. The van der Waals surface area contributed by atoms with E-state index in [1.807, 2.05) is 66.7 Å². The molecule has 0 fully saturated rings. The molecule has 0 aliphatic rings. The third kappa shape index (κ3) is 4.46. The Bertz CT molecular complexity index is 811. The van der Waals surface area contributed by atoms with Crippen LogP contribution in [0.4, 0.5) is 5.69 Å². The average Bonchev–Trinajstić information content (AvgIpc) is 2.58. The van der Waals surface area contributed by atoms with E-state index in [0.29, 0.717) is 24.3 Å². The zero-order chi connectivity index (χ0) is 16.8. The van der Waals surface area contributed by atoms with Crippen molar-refractivity contribution in [2.45, 2.75) is 12.8 Å². The third-order valence-corrected chi connectivity index (χ3v) is 3.66. The minimum Gasteiger partial charge on any atom is -0.457 e. The lowest BCUT2D eigenvalue weighted by Crippen LogP contribution is -2.06. The van der Waals surface area contributed by atoms with E-state index in [0.717, 1.165) is 16.9 Å². The lowest BCUT2D eigenvalue weighted by molar-refractivity contribution is -0.117. The van der Waals surface area contributed by atoms with Crippen molar-refractivity contribution in [3.05, 3.63) is 90.0 Å². The van der Waals surface area contributed by atoms with Crippen molar-refractivity contribution in [1.82, 2.24) is 0 Å². The maximum Gasteiger partial charge on any atom is 0.141 e. The van der Waals surface area contributed by atoms with E-state index >= 15 is 0 Å². The predicted octanol–water partition coefficient (Wildman–Crippen LogP) is 4.42. The highest BCUT2D eigenvalue weighted by molar-refractivity contribution is 5.83. The van der Waals surface area contributed by atoms with Gasteiger partial charge in [-0.05, 0) is 47.5 Å². The van der Waals surface area contributed by atoms with E-state index in [9.17, 15) is 4.79 Å². The second-order valence-electron chi connectivity index (χ2n) is 5.70. The number of ether oxygens (including phenoxy) is 1. The van der Waals surface area contributed by atoms with E-state index in [4.69, 9.17) is 10.5 Å². The highest BCUT2D eigenvalue weighted by Crippen LogP contribution is 2.23. The molecule has 0 unspecified atom stereocenters.